The maximum Gasteiger partial charge on any atom is 0.225 e. The maximum absolute atomic E-state index is 11.9. The Bertz CT molecular complexity index is 556. The molecule has 104 valence electrons. The zero-order valence-electron chi connectivity index (χ0n) is 11.2. The van der Waals surface area contributed by atoms with Crippen LogP contribution in [0.1, 0.15) is 19.3 Å². The second-order valence-electron chi connectivity index (χ2n) is 5.06. The lowest BCUT2D eigenvalue weighted by molar-refractivity contribution is -0.116. The molecule has 1 unspecified atom stereocenters. The van der Waals surface area contributed by atoms with Gasteiger partial charge in [-0.2, -0.15) is 0 Å². The van der Waals surface area contributed by atoms with Crippen LogP contribution in [0.4, 0.5) is 5.69 Å². The Morgan fingerprint density at radius 2 is 2.20 bits per heavy atom. The van der Waals surface area contributed by atoms with Crippen molar-refractivity contribution in [3.05, 3.63) is 36.7 Å². The summed E-state index contributed by atoms with van der Waals surface area (Å²) in [5, 5.41) is 6.26. The van der Waals surface area contributed by atoms with E-state index in [0.29, 0.717) is 12.5 Å². The maximum atomic E-state index is 11.9. The van der Waals surface area contributed by atoms with Crippen molar-refractivity contribution in [2.75, 3.05) is 11.9 Å². The molecule has 1 saturated heterocycles. The molecule has 1 aliphatic heterocycles. The van der Waals surface area contributed by atoms with Gasteiger partial charge in [0.15, 0.2) is 0 Å². The Morgan fingerprint density at radius 3 is 2.85 bits per heavy atom. The lowest BCUT2D eigenvalue weighted by atomic mass is 10.1. The Kier molecular flexibility index (Phi) is 3.78. The monoisotopic (exact) mass is 270 g/mol. The first-order chi connectivity index (χ1) is 9.81. The molecule has 1 aromatic heterocycles. The lowest BCUT2D eigenvalue weighted by Gasteiger charge is -2.10. The van der Waals surface area contributed by atoms with Crippen molar-refractivity contribution >= 4 is 11.6 Å². The van der Waals surface area contributed by atoms with Crippen molar-refractivity contribution in [2.24, 2.45) is 0 Å². The van der Waals surface area contributed by atoms with E-state index < -0.39 is 0 Å². The number of anilines is 1. The number of benzene rings is 1. The minimum atomic E-state index is 0.0650. The molecule has 2 heterocycles. The van der Waals surface area contributed by atoms with Crippen LogP contribution in [0.2, 0.25) is 0 Å². The fraction of sp³-hybridized carbons (Fsp3) is 0.333. The summed E-state index contributed by atoms with van der Waals surface area (Å²) >= 11 is 0. The highest BCUT2D eigenvalue weighted by molar-refractivity contribution is 5.91. The largest absolute Gasteiger partial charge is 0.345 e. The van der Waals surface area contributed by atoms with Crippen LogP contribution >= 0.6 is 0 Å². The van der Waals surface area contributed by atoms with Crippen LogP contribution in [0, 0.1) is 0 Å². The minimum Gasteiger partial charge on any atom is -0.345 e. The van der Waals surface area contributed by atoms with Crippen LogP contribution in [-0.2, 0) is 4.79 Å². The van der Waals surface area contributed by atoms with Gasteiger partial charge in [-0.25, -0.2) is 4.98 Å². The average Bonchev–Trinajstić information content (AvgIpc) is 3.12. The molecule has 5 nitrogen and oxygen atoms in total. The standard InChI is InChI=1S/C15H18N4O/c20-14(10-13-2-1-7-16-13)19-12-5-3-11(4-6-12)15-17-8-9-18-15/h3-6,8-9,13,16H,1-2,7,10H2,(H,17,18)(H,19,20). The van der Waals surface area contributed by atoms with Crippen molar-refractivity contribution in [2.45, 2.75) is 25.3 Å². The number of nitrogens with zero attached hydrogens (tertiary/aromatic N) is 1. The van der Waals surface area contributed by atoms with E-state index in [4.69, 9.17) is 0 Å². The number of nitrogens with one attached hydrogen (secondary N) is 3. The predicted molar refractivity (Wildman–Crippen MR) is 78.3 cm³/mol. The second-order valence-corrected chi connectivity index (χ2v) is 5.06. The number of amides is 1. The summed E-state index contributed by atoms with van der Waals surface area (Å²) in [5.41, 5.74) is 1.83. The van der Waals surface area contributed by atoms with Gasteiger partial charge in [0, 0.05) is 36.1 Å². The molecule has 0 aliphatic carbocycles. The first-order valence-corrected chi connectivity index (χ1v) is 6.94. The average molecular weight is 270 g/mol. The van der Waals surface area contributed by atoms with Crippen molar-refractivity contribution in [3.63, 3.8) is 0 Å². The van der Waals surface area contributed by atoms with Gasteiger partial charge in [-0.05, 0) is 43.7 Å². The zero-order valence-corrected chi connectivity index (χ0v) is 11.2. The van der Waals surface area contributed by atoms with Crippen molar-refractivity contribution < 1.29 is 4.79 Å². The zero-order chi connectivity index (χ0) is 13.8. The van der Waals surface area contributed by atoms with Gasteiger partial charge in [-0.1, -0.05) is 0 Å². The molecule has 20 heavy (non-hydrogen) atoms. The predicted octanol–water partition coefficient (Wildman–Crippen LogP) is 2.16. The van der Waals surface area contributed by atoms with Crippen LogP contribution in [0.15, 0.2) is 36.7 Å². The fourth-order valence-electron chi connectivity index (χ4n) is 2.50. The summed E-state index contributed by atoms with van der Waals surface area (Å²) in [7, 11) is 0. The van der Waals surface area contributed by atoms with Gasteiger partial charge in [-0.3, -0.25) is 4.79 Å². The third-order valence-electron chi connectivity index (χ3n) is 3.53. The van der Waals surface area contributed by atoms with E-state index in [9.17, 15) is 4.79 Å². The van der Waals surface area contributed by atoms with Crippen LogP contribution in [0.5, 0.6) is 0 Å². The molecular weight excluding hydrogens is 252 g/mol. The summed E-state index contributed by atoms with van der Waals surface area (Å²) < 4.78 is 0. The first-order valence-electron chi connectivity index (χ1n) is 6.94. The van der Waals surface area contributed by atoms with Crippen molar-refractivity contribution in [1.82, 2.24) is 15.3 Å². The third kappa shape index (κ3) is 3.05. The number of carbonyl (C=O) groups excluding carboxylic acids is 1. The van der Waals surface area contributed by atoms with Crippen molar-refractivity contribution in [1.29, 1.82) is 0 Å². The molecule has 2 aromatic rings. The molecule has 1 amide bonds. The Labute approximate surface area is 117 Å². The Morgan fingerprint density at radius 1 is 1.35 bits per heavy atom. The van der Waals surface area contributed by atoms with Crippen LogP contribution in [0.25, 0.3) is 11.4 Å². The van der Waals surface area contributed by atoms with Crippen LogP contribution in [-0.4, -0.2) is 28.5 Å². The third-order valence-corrected chi connectivity index (χ3v) is 3.53. The molecule has 0 saturated carbocycles. The van der Waals surface area contributed by atoms with Gasteiger partial charge in [-0.15, -0.1) is 0 Å². The summed E-state index contributed by atoms with van der Waals surface area (Å²) in [6.07, 6.45) is 6.31. The number of hydrogen-bond donors (Lipinski definition) is 3. The molecule has 1 atom stereocenters. The van der Waals surface area contributed by atoms with Crippen LogP contribution in [0.3, 0.4) is 0 Å². The van der Waals surface area contributed by atoms with Gasteiger partial charge < -0.3 is 15.6 Å². The summed E-state index contributed by atoms with van der Waals surface area (Å²) in [5.74, 6) is 0.896. The number of imidazole rings is 1. The Hall–Kier alpha value is -2.14. The normalized spacial score (nSPS) is 18.1. The number of aromatic amines is 1. The minimum absolute atomic E-state index is 0.0650. The van der Waals surface area contributed by atoms with E-state index in [1.807, 2.05) is 24.3 Å². The fourth-order valence-corrected chi connectivity index (χ4v) is 2.50. The van der Waals surface area contributed by atoms with Gasteiger partial charge in [0.2, 0.25) is 5.91 Å². The number of H-pyrrole nitrogens is 1. The molecule has 3 rings (SSSR count). The van der Waals surface area contributed by atoms with E-state index in [1.54, 1.807) is 12.4 Å². The molecular formula is C15H18N4O. The molecule has 1 fully saturated rings. The molecule has 0 radical (unpaired) electrons. The summed E-state index contributed by atoms with van der Waals surface area (Å²) in [4.78, 5) is 19.2. The highest BCUT2D eigenvalue weighted by Gasteiger charge is 2.17. The molecule has 1 aromatic carbocycles. The van der Waals surface area contributed by atoms with E-state index in [2.05, 4.69) is 20.6 Å². The van der Waals surface area contributed by atoms with E-state index in [-0.39, 0.29) is 5.91 Å². The van der Waals surface area contributed by atoms with E-state index in [0.717, 1.165) is 36.5 Å². The van der Waals surface area contributed by atoms with E-state index in [1.165, 1.54) is 0 Å². The van der Waals surface area contributed by atoms with Gasteiger partial charge >= 0.3 is 0 Å². The van der Waals surface area contributed by atoms with Gasteiger partial charge in [0.05, 0.1) is 0 Å². The van der Waals surface area contributed by atoms with E-state index >= 15 is 0 Å². The lowest BCUT2D eigenvalue weighted by Crippen LogP contribution is -2.27. The number of hydrogen-bond acceptors (Lipinski definition) is 3. The van der Waals surface area contributed by atoms with Gasteiger partial charge in [0.1, 0.15) is 5.82 Å². The van der Waals surface area contributed by atoms with Crippen LogP contribution < -0.4 is 10.6 Å². The number of aromatic nitrogens is 2. The van der Waals surface area contributed by atoms with Crippen molar-refractivity contribution in [3.8, 4) is 11.4 Å². The molecule has 0 bridgehead atoms. The molecule has 1 aliphatic rings. The topological polar surface area (TPSA) is 69.8 Å². The highest BCUT2D eigenvalue weighted by Crippen LogP contribution is 2.18. The highest BCUT2D eigenvalue weighted by atomic mass is 16.1. The quantitative estimate of drug-likeness (QED) is 0.797. The SMILES string of the molecule is O=C(CC1CCCN1)Nc1ccc(-c2ncc[nH]2)cc1. The first kappa shape index (κ1) is 12.9. The number of carbonyl (C=O) groups is 1. The summed E-state index contributed by atoms with van der Waals surface area (Å²) in [6, 6.07) is 8.03. The molecule has 3 N–H and O–H groups in total. The number of rotatable bonds is 4. The second kappa shape index (κ2) is 5.88. The summed E-state index contributed by atoms with van der Waals surface area (Å²) in [6.45, 7) is 1.02. The van der Waals surface area contributed by atoms with Gasteiger partial charge in [0.25, 0.3) is 0 Å². The molecule has 0 spiro atoms. The Balaban J connectivity index is 1.59. The smallest absolute Gasteiger partial charge is 0.225 e. The molecule has 5 heteroatoms.